The minimum absolute atomic E-state index is 0.193. The molecule has 1 saturated heterocycles. The van der Waals surface area contributed by atoms with Gasteiger partial charge in [-0.05, 0) is 44.2 Å². The second kappa shape index (κ2) is 7.07. The molecule has 20 heavy (non-hydrogen) atoms. The standard InChI is InChI=1S/C15H27N3O2/c1-11-6-5-7-13(12(11)2)16-15(20)17-14(19)10-18-8-3-4-9-18/h11-13H,3-10H2,1-2H3,(H2,16,17,19,20)/t11-,12+,13+/m0/s1. The second-order valence-corrected chi connectivity index (χ2v) is 6.38. The van der Waals surface area contributed by atoms with E-state index in [1.54, 1.807) is 0 Å². The molecular weight excluding hydrogens is 254 g/mol. The van der Waals surface area contributed by atoms with Crippen LogP contribution < -0.4 is 10.6 Å². The van der Waals surface area contributed by atoms with Gasteiger partial charge in [0.1, 0.15) is 0 Å². The lowest BCUT2D eigenvalue weighted by Crippen LogP contribution is -2.50. The predicted octanol–water partition coefficient (Wildman–Crippen LogP) is 1.73. The highest BCUT2D eigenvalue weighted by atomic mass is 16.2. The summed E-state index contributed by atoms with van der Waals surface area (Å²) in [5, 5.41) is 5.42. The molecule has 1 saturated carbocycles. The van der Waals surface area contributed by atoms with Gasteiger partial charge in [-0.1, -0.05) is 26.7 Å². The van der Waals surface area contributed by atoms with E-state index < -0.39 is 0 Å². The maximum absolute atomic E-state index is 11.9. The Kier molecular flexibility index (Phi) is 5.40. The van der Waals surface area contributed by atoms with Gasteiger partial charge < -0.3 is 5.32 Å². The summed E-state index contributed by atoms with van der Waals surface area (Å²) < 4.78 is 0. The molecule has 0 aromatic rings. The Labute approximate surface area is 121 Å². The quantitative estimate of drug-likeness (QED) is 0.828. The van der Waals surface area contributed by atoms with Crippen LogP contribution in [0, 0.1) is 11.8 Å². The Morgan fingerprint density at radius 1 is 1.10 bits per heavy atom. The molecule has 3 amide bonds. The van der Waals surface area contributed by atoms with E-state index in [1.807, 2.05) is 0 Å². The van der Waals surface area contributed by atoms with Gasteiger partial charge in [-0.25, -0.2) is 4.79 Å². The summed E-state index contributed by atoms with van der Waals surface area (Å²) in [4.78, 5) is 25.8. The Balaban J connectivity index is 1.72. The maximum Gasteiger partial charge on any atom is 0.321 e. The van der Waals surface area contributed by atoms with Crippen molar-refractivity contribution in [2.75, 3.05) is 19.6 Å². The molecule has 2 fully saturated rings. The minimum atomic E-state index is -0.333. The lowest BCUT2D eigenvalue weighted by Gasteiger charge is -2.34. The van der Waals surface area contributed by atoms with Gasteiger partial charge in [0, 0.05) is 6.04 Å². The first kappa shape index (κ1) is 15.3. The molecule has 2 aliphatic rings. The summed E-state index contributed by atoms with van der Waals surface area (Å²) in [6.45, 7) is 6.68. The molecule has 2 rings (SSSR count). The van der Waals surface area contributed by atoms with E-state index in [0.29, 0.717) is 18.4 Å². The highest BCUT2D eigenvalue weighted by molar-refractivity contribution is 5.95. The lowest BCUT2D eigenvalue weighted by molar-refractivity contribution is -0.120. The molecule has 0 aromatic heterocycles. The van der Waals surface area contributed by atoms with Gasteiger partial charge in [0.15, 0.2) is 0 Å². The maximum atomic E-state index is 11.9. The number of amides is 3. The van der Waals surface area contributed by atoms with Gasteiger partial charge in [-0.15, -0.1) is 0 Å². The van der Waals surface area contributed by atoms with Gasteiger partial charge in [-0.2, -0.15) is 0 Å². The topological polar surface area (TPSA) is 61.4 Å². The minimum Gasteiger partial charge on any atom is -0.335 e. The fourth-order valence-corrected chi connectivity index (χ4v) is 3.30. The van der Waals surface area contributed by atoms with Crippen LogP contribution in [-0.2, 0) is 4.79 Å². The summed E-state index contributed by atoms with van der Waals surface area (Å²) in [6.07, 6.45) is 5.69. The van der Waals surface area contributed by atoms with E-state index in [4.69, 9.17) is 0 Å². The first-order chi connectivity index (χ1) is 9.56. The van der Waals surface area contributed by atoms with Crippen LogP contribution in [0.5, 0.6) is 0 Å². The van der Waals surface area contributed by atoms with Gasteiger partial charge in [-0.3, -0.25) is 15.0 Å². The fourth-order valence-electron chi connectivity index (χ4n) is 3.30. The second-order valence-electron chi connectivity index (χ2n) is 6.38. The Bertz CT molecular complexity index is 353. The molecule has 3 atom stereocenters. The average molecular weight is 281 g/mol. The van der Waals surface area contributed by atoms with Crippen LogP contribution in [0.3, 0.4) is 0 Å². The van der Waals surface area contributed by atoms with Crippen LogP contribution in [0.1, 0.15) is 46.0 Å². The monoisotopic (exact) mass is 281 g/mol. The van der Waals surface area contributed by atoms with Crippen LogP contribution in [0.15, 0.2) is 0 Å². The number of nitrogens with one attached hydrogen (secondary N) is 2. The lowest BCUT2D eigenvalue weighted by atomic mass is 9.78. The average Bonchev–Trinajstić information content (AvgIpc) is 2.87. The van der Waals surface area contributed by atoms with E-state index in [0.717, 1.165) is 38.8 Å². The Hall–Kier alpha value is -1.10. The Morgan fingerprint density at radius 3 is 2.50 bits per heavy atom. The van der Waals surface area contributed by atoms with Crippen LogP contribution in [-0.4, -0.2) is 42.5 Å². The summed E-state index contributed by atoms with van der Waals surface area (Å²) in [7, 11) is 0. The highest BCUT2D eigenvalue weighted by Crippen LogP contribution is 2.29. The molecule has 5 heteroatoms. The third-order valence-electron chi connectivity index (χ3n) is 4.84. The fraction of sp³-hybridized carbons (Fsp3) is 0.867. The Morgan fingerprint density at radius 2 is 1.80 bits per heavy atom. The zero-order chi connectivity index (χ0) is 14.5. The normalized spacial score (nSPS) is 31.0. The third kappa shape index (κ3) is 4.20. The van der Waals surface area contributed by atoms with Crippen LogP contribution in [0.2, 0.25) is 0 Å². The van der Waals surface area contributed by atoms with Crippen molar-refractivity contribution in [2.45, 2.75) is 52.0 Å². The SMILES string of the molecule is C[C@@H]1[C@@H](C)CCC[C@H]1NC(=O)NC(=O)CN1CCCC1. The van der Waals surface area contributed by atoms with Crippen molar-refractivity contribution < 1.29 is 9.59 Å². The molecule has 0 bridgehead atoms. The summed E-state index contributed by atoms with van der Waals surface area (Å²) >= 11 is 0. The number of hydrogen-bond donors (Lipinski definition) is 2. The highest BCUT2D eigenvalue weighted by Gasteiger charge is 2.28. The number of likely N-dealkylation sites (tertiary alicyclic amines) is 1. The van der Waals surface area contributed by atoms with E-state index in [1.165, 1.54) is 6.42 Å². The molecular formula is C15H27N3O2. The molecule has 5 nitrogen and oxygen atoms in total. The molecule has 1 heterocycles. The molecule has 114 valence electrons. The van der Waals surface area contributed by atoms with Crippen molar-refractivity contribution >= 4 is 11.9 Å². The number of imide groups is 1. The molecule has 2 N–H and O–H groups in total. The summed E-state index contributed by atoms with van der Waals surface area (Å²) in [5.74, 6) is 0.915. The van der Waals surface area contributed by atoms with E-state index >= 15 is 0 Å². The van der Waals surface area contributed by atoms with Gasteiger partial charge in [0.25, 0.3) is 0 Å². The first-order valence-corrected chi connectivity index (χ1v) is 7.89. The molecule has 0 unspecified atom stereocenters. The van der Waals surface area contributed by atoms with E-state index in [2.05, 4.69) is 29.4 Å². The van der Waals surface area contributed by atoms with Gasteiger partial charge in [0.2, 0.25) is 5.91 Å². The number of carbonyl (C=O) groups excluding carboxylic acids is 2. The van der Waals surface area contributed by atoms with Crippen molar-refractivity contribution in [3.63, 3.8) is 0 Å². The molecule has 0 aromatic carbocycles. The smallest absolute Gasteiger partial charge is 0.321 e. The number of rotatable bonds is 3. The van der Waals surface area contributed by atoms with Crippen LogP contribution in [0.25, 0.3) is 0 Å². The zero-order valence-electron chi connectivity index (χ0n) is 12.7. The number of urea groups is 1. The van der Waals surface area contributed by atoms with Crippen molar-refractivity contribution in [1.82, 2.24) is 15.5 Å². The third-order valence-corrected chi connectivity index (χ3v) is 4.84. The zero-order valence-corrected chi connectivity index (χ0v) is 12.7. The van der Waals surface area contributed by atoms with Gasteiger partial charge in [0.05, 0.1) is 6.54 Å². The number of hydrogen-bond acceptors (Lipinski definition) is 3. The number of carbonyl (C=O) groups is 2. The first-order valence-electron chi connectivity index (χ1n) is 7.89. The summed E-state index contributed by atoms with van der Waals surface area (Å²) in [6, 6.07) is -0.140. The molecule has 1 aliphatic heterocycles. The number of nitrogens with zero attached hydrogens (tertiary/aromatic N) is 1. The van der Waals surface area contributed by atoms with Crippen molar-refractivity contribution in [3.8, 4) is 0 Å². The van der Waals surface area contributed by atoms with E-state index in [-0.39, 0.29) is 18.0 Å². The summed E-state index contributed by atoms with van der Waals surface area (Å²) in [5.41, 5.74) is 0. The van der Waals surface area contributed by atoms with Gasteiger partial charge >= 0.3 is 6.03 Å². The van der Waals surface area contributed by atoms with Crippen molar-refractivity contribution in [1.29, 1.82) is 0 Å². The largest absolute Gasteiger partial charge is 0.335 e. The van der Waals surface area contributed by atoms with Crippen LogP contribution in [0.4, 0.5) is 4.79 Å². The van der Waals surface area contributed by atoms with E-state index in [9.17, 15) is 9.59 Å². The molecule has 1 aliphatic carbocycles. The van der Waals surface area contributed by atoms with Crippen molar-refractivity contribution in [3.05, 3.63) is 0 Å². The van der Waals surface area contributed by atoms with Crippen molar-refractivity contribution in [2.24, 2.45) is 11.8 Å². The van der Waals surface area contributed by atoms with Crippen LogP contribution >= 0.6 is 0 Å². The molecule has 0 radical (unpaired) electrons. The predicted molar refractivity (Wildman–Crippen MR) is 78.3 cm³/mol. The molecule has 0 spiro atoms.